The van der Waals surface area contributed by atoms with Gasteiger partial charge in [0.2, 0.25) is 0 Å². The van der Waals surface area contributed by atoms with Crippen LogP contribution in [0, 0.1) is 12.8 Å². The van der Waals surface area contributed by atoms with Crippen LogP contribution < -0.4 is 5.32 Å². The molecule has 1 aliphatic heterocycles. The predicted molar refractivity (Wildman–Crippen MR) is 57.9 cm³/mol. The van der Waals surface area contributed by atoms with Crippen molar-refractivity contribution >= 4 is 5.97 Å². The molecule has 0 saturated carbocycles. The van der Waals surface area contributed by atoms with E-state index in [1.54, 1.807) is 6.20 Å². The summed E-state index contributed by atoms with van der Waals surface area (Å²) in [5, 5.41) is 12.3. The first kappa shape index (κ1) is 11.0. The van der Waals surface area contributed by atoms with Crippen LogP contribution in [0.15, 0.2) is 12.5 Å². The van der Waals surface area contributed by atoms with E-state index in [1.165, 1.54) is 6.33 Å². The van der Waals surface area contributed by atoms with Crippen LogP contribution >= 0.6 is 0 Å². The molecule has 0 aliphatic carbocycles. The molecule has 0 radical (unpaired) electrons. The molecule has 86 valence electrons. The predicted octanol–water partition coefficient (Wildman–Crippen LogP) is 0.910. The summed E-state index contributed by atoms with van der Waals surface area (Å²) in [5.41, 5.74) is 1.92. The summed E-state index contributed by atoms with van der Waals surface area (Å²) in [5.74, 6) is -0.966. The maximum atomic E-state index is 11.0. The molecule has 1 aliphatic rings. The van der Waals surface area contributed by atoms with E-state index >= 15 is 0 Å². The molecule has 1 aromatic heterocycles. The average Bonchev–Trinajstić information content (AvgIpc) is 2.30. The fourth-order valence-electron chi connectivity index (χ4n) is 2.12. The molecule has 0 aromatic carbocycles. The summed E-state index contributed by atoms with van der Waals surface area (Å²) >= 11 is 0. The molecule has 0 amide bonds. The van der Waals surface area contributed by atoms with Gasteiger partial charge in [0, 0.05) is 23.5 Å². The quantitative estimate of drug-likeness (QED) is 0.776. The number of carboxylic acid groups (broad SMARTS) is 1. The van der Waals surface area contributed by atoms with Gasteiger partial charge in [-0.3, -0.25) is 4.79 Å². The highest BCUT2D eigenvalue weighted by atomic mass is 16.4. The molecule has 2 atom stereocenters. The van der Waals surface area contributed by atoms with Gasteiger partial charge in [-0.05, 0) is 26.3 Å². The van der Waals surface area contributed by atoms with E-state index in [0.29, 0.717) is 12.8 Å². The molecule has 1 fully saturated rings. The van der Waals surface area contributed by atoms with E-state index in [1.807, 2.05) is 6.92 Å². The van der Waals surface area contributed by atoms with E-state index in [9.17, 15) is 4.79 Å². The Morgan fingerprint density at radius 3 is 3.12 bits per heavy atom. The van der Waals surface area contributed by atoms with Gasteiger partial charge < -0.3 is 10.4 Å². The highest BCUT2D eigenvalue weighted by Crippen LogP contribution is 2.27. The number of carbonyl (C=O) groups is 1. The van der Waals surface area contributed by atoms with E-state index in [2.05, 4.69) is 15.3 Å². The van der Waals surface area contributed by atoms with Crippen LogP contribution in [0.3, 0.4) is 0 Å². The lowest BCUT2D eigenvalue weighted by atomic mass is 9.89. The summed E-state index contributed by atoms with van der Waals surface area (Å²) in [6.07, 6.45) is 4.59. The molecular formula is C11H15N3O2. The van der Waals surface area contributed by atoms with Crippen molar-refractivity contribution in [1.82, 2.24) is 15.3 Å². The van der Waals surface area contributed by atoms with Crippen molar-refractivity contribution in [3.8, 4) is 0 Å². The lowest BCUT2D eigenvalue weighted by Crippen LogP contribution is -2.35. The van der Waals surface area contributed by atoms with E-state index in [4.69, 9.17) is 5.11 Å². The number of nitrogens with one attached hydrogen (secondary N) is 1. The average molecular weight is 221 g/mol. The van der Waals surface area contributed by atoms with Gasteiger partial charge in [-0.1, -0.05) is 0 Å². The number of aliphatic carboxylic acids is 1. The minimum Gasteiger partial charge on any atom is -0.481 e. The van der Waals surface area contributed by atoms with Crippen LogP contribution in [0.2, 0.25) is 0 Å². The van der Waals surface area contributed by atoms with E-state index in [-0.39, 0.29) is 12.0 Å². The fourth-order valence-corrected chi connectivity index (χ4v) is 2.12. The van der Waals surface area contributed by atoms with Gasteiger partial charge in [-0.2, -0.15) is 0 Å². The van der Waals surface area contributed by atoms with Gasteiger partial charge in [0.1, 0.15) is 6.33 Å². The van der Waals surface area contributed by atoms with Crippen LogP contribution in [0.5, 0.6) is 0 Å². The third kappa shape index (κ3) is 2.19. The maximum Gasteiger partial charge on any atom is 0.306 e. The summed E-state index contributed by atoms with van der Waals surface area (Å²) < 4.78 is 0. The van der Waals surface area contributed by atoms with Crippen LogP contribution in [0.1, 0.15) is 30.1 Å². The van der Waals surface area contributed by atoms with Crippen LogP contribution in [0.25, 0.3) is 0 Å². The maximum absolute atomic E-state index is 11.0. The van der Waals surface area contributed by atoms with Gasteiger partial charge in [-0.15, -0.1) is 0 Å². The molecule has 2 unspecified atom stereocenters. The zero-order valence-corrected chi connectivity index (χ0v) is 9.18. The number of carboxylic acids is 1. The largest absolute Gasteiger partial charge is 0.481 e. The Morgan fingerprint density at radius 1 is 1.62 bits per heavy atom. The highest BCUT2D eigenvalue weighted by molar-refractivity contribution is 5.70. The topological polar surface area (TPSA) is 75.1 Å². The molecule has 5 nitrogen and oxygen atoms in total. The van der Waals surface area contributed by atoms with Gasteiger partial charge >= 0.3 is 5.97 Å². The third-order valence-corrected chi connectivity index (χ3v) is 3.08. The SMILES string of the molecule is Cc1ncncc1C1CC(C(=O)O)CCN1. The Labute approximate surface area is 93.9 Å². The summed E-state index contributed by atoms with van der Waals surface area (Å²) in [6, 6.07) is 0.0658. The molecule has 1 aromatic rings. The lowest BCUT2D eigenvalue weighted by molar-refractivity contribution is -0.143. The molecular weight excluding hydrogens is 206 g/mol. The molecule has 0 bridgehead atoms. The van der Waals surface area contributed by atoms with Crippen molar-refractivity contribution in [2.75, 3.05) is 6.54 Å². The van der Waals surface area contributed by atoms with E-state index < -0.39 is 5.97 Å². The number of hydrogen-bond donors (Lipinski definition) is 2. The van der Waals surface area contributed by atoms with Gasteiger partial charge in [0.15, 0.2) is 0 Å². The van der Waals surface area contributed by atoms with E-state index in [0.717, 1.165) is 17.8 Å². The van der Waals surface area contributed by atoms with Crippen molar-refractivity contribution in [2.24, 2.45) is 5.92 Å². The standard InChI is InChI=1S/C11H15N3O2/c1-7-9(5-12-6-14-7)10-4-8(11(15)16)2-3-13-10/h5-6,8,10,13H,2-4H2,1H3,(H,15,16). The number of aryl methyl sites for hydroxylation is 1. The Hall–Kier alpha value is -1.49. The van der Waals surface area contributed by atoms with Crippen molar-refractivity contribution in [3.63, 3.8) is 0 Å². The monoisotopic (exact) mass is 221 g/mol. The molecule has 2 rings (SSSR count). The van der Waals surface area contributed by atoms with Crippen LogP contribution in [-0.4, -0.2) is 27.6 Å². The normalized spacial score (nSPS) is 25.3. The number of hydrogen-bond acceptors (Lipinski definition) is 4. The van der Waals surface area contributed by atoms with Gasteiger partial charge in [0.05, 0.1) is 5.92 Å². The molecule has 1 saturated heterocycles. The Bertz CT molecular complexity index is 395. The molecule has 16 heavy (non-hydrogen) atoms. The first-order valence-corrected chi connectivity index (χ1v) is 5.41. The smallest absolute Gasteiger partial charge is 0.306 e. The summed E-state index contributed by atoms with van der Waals surface area (Å²) in [4.78, 5) is 19.1. The highest BCUT2D eigenvalue weighted by Gasteiger charge is 2.28. The van der Waals surface area contributed by atoms with Gasteiger partial charge in [0.25, 0.3) is 0 Å². The second-order valence-corrected chi connectivity index (χ2v) is 4.13. The third-order valence-electron chi connectivity index (χ3n) is 3.08. The first-order chi connectivity index (χ1) is 7.68. The second kappa shape index (κ2) is 4.57. The Balaban J connectivity index is 2.16. The zero-order valence-electron chi connectivity index (χ0n) is 9.18. The van der Waals surface area contributed by atoms with Gasteiger partial charge in [-0.25, -0.2) is 9.97 Å². The van der Waals surface area contributed by atoms with Crippen LogP contribution in [-0.2, 0) is 4.79 Å². The van der Waals surface area contributed by atoms with Crippen molar-refractivity contribution in [3.05, 3.63) is 23.8 Å². The summed E-state index contributed by atoms with van der Waals surface area (Å²) in [7, 11) is 0. The van der Waals surface area contributed by atoms with Crippen molar-refractivity contribution in [1.29, 1.82) is 0 Å². The Kier molecular flexibility index (Phi) is 3.14. The lowest BCUT2D eigenvalue weighted by Gasteiger charge is -2.28. The molecule has 0 spiro atoms. The second-order valence-electron chi connectivity index (χ2n) is 4.13. The van der Waals surface area contributed by atoms with Crippen LogP contribution in [0.4, 0.5) is 0 Å². The number of piperidine rings is 1. The number of nitrogens with zero attached hydrogens (tertiary/aromatic N) is 2. The van der Waals surface area contributed by atoms with Crippen molar-refractivity contribution in [2.45, 2.75) is 25.8 Å². The minimum atomic E-state index is -0.707. The summed E-state index contributed by atoms with van der Waals surface area (Å²) in [6.45, 7) is 2.65. The molecule has 2 heterocycles. The first-order valence-electron chi connectivity index (χ1n) is 5.41. The number of aromatic nitrogens is 2. The molecule has 5 heteroatoms. The molecule has 2 N–H and O–H groups in total. The fraction of sp³-hybridized carbons (Fsp3) is 0.545. The Morgan fingerprint density at radius 2 is 2.44 bits per heavy atom. The number of rotatable bonds is 2. The van der Waals surface area contributed by atoms with Crippen molar-refractivity contribution < 1.29 is 9.90 Å². The zero-order chi connectivity index (χ0) is 11.5. The minimum absolute atomic E-state index is 0.0658.